The Morgan fingerprint density at radius 2 is 1.63 bits per heavy atom. The molecular formula is C24H17ClN2O3. The average Bonchev–Trinajstić information content (AvgIpc) is 3.12. The van der Waals surface area contributed by atoms with Gasteiger partial charge in [-0.2, -0.15) is 0 Å². The number of halogens is 1. The molecule has 4 rings (SSSR count). The highest BCUT2D eigenvalue weighted by Crippen LogP contribution is 2.31. The first-order chi connectivity index (χ1) is 14.6. The van der Waals surface area contributed by atoms with Crippen molar-refractivity contribution >= 4 is 51.8 Å². The maximum absolute atomic E-state index is 12.9. The van der Waals surface area contributed by atoms with Gasteiger partial charge in [-0.25, -0.2) is 0 Å². The van der Waals surface area contributed by atoms with Crippen molar-refractivity contribution in [3.05, 3.63) is 101 Å². The molecule has 2 amide bonds. The number of fused-ring (bicyclic) bond motifs is 1. The minimum absolute atomic E-state index is 0.0117. The molecule has 0 bridgehead atoms. The molecule has 148 valence electrons. The van der Waals surface area contributed by atoms with Crippen molar-refractivity contribution < 1.29 is 14.0 Å². The molecule has 1 heterocycles. The topological polar surface area (TPSA) is 71.3 Å². The van der Waals surface area contributed by atoms with E-state index in [1.54, 1.807) is 48.5 Å². The molecule has 0 aliphatic heterocycles. The highest BCUT2D eigenvalue weighted by molar-refractivity contribution is 6.31. The average molecular weight is 417 g/mol. The van der Waals surface area contributed by atoms with E-state index in [0.29, 0.717) is 27.4 Å². The van der Waals surface area contributed by atoms with E-state index < -0.39 is 5.91 Å². The van der Waals surface area contributed by atoms with Crippen LogP contribution in [0.5, 0.6) is 0 Å². The summed E-state index contributed by atoms with van der Waals surface area (Å²) in [5.74, 6) is -0.851. The predicted molar refractivity (Wildman–Crippen MR) is 120 cm³/mol. The van der Waals surface area contributed by atoms with Crippen LogP contribution in [0.4, 0.5) is 11.4 Å². The zero-order chi connectivity index (χ0) is 20.9. The Morgan fingerprint density at radius 3 is 2.43 bits per heavy atom. The molecule has 30 heavy (non-hydrogen) atoms. The van der Waals surface area contributed by atoms with E-state index >= 15 is 0 Å². The van der Waals surface area contributed by atoms with E-state index in [1.165, 1.54) is 6.08 Å². The van der Waals surface area contributed by atoms with Crippen LogP contribution < -0.4 is 10.6 Å². The summed E-state index contributed by atoms with van der Waals surface area (Å²) >= 11 is 5.98. The van der Waals surface area contributed by atoms with Crippen molar-refractivity contribution in [1.82, 2.24) is 0 Å². The number of para-hydroxylation sites is 1. The molecule has 0 spiro atoms. The molecule has 0 aliphatic rings. The molecule has 0 unspecified atom stereocenters. The van der Waals surface area contributed by atoms with Gasteiger partial charge in [0.05, 0.1) is 0 Å². The number of carbonyl (C=O) groups excluding carboxylic acids is 2. The lowest BCUT2D eigenvalue weighted by atomic mass is 10.2. The fraction of sp³-hybridized carbons (Fsp3) is 0. The second-order valence-electron chi connectivity index (χ2n) is 6.50. The van der Waals surface area contributed by atoms with Gasteiger partial charge in [0.1, 0.15) is 11.3 Å². The molecule has 0 aliphatic carbocycles. The van der Waals surface area contributed by atoms with Gasteiger partial charge in [0.15, 0.2) is 0 Å². The standard InChI is InChI=1S/C24H17ClN2O3/c25-17-9-6-10-18(15-17)26-24(29)23-22(19-11-4-5-12-20(19)30-23)27-21(28)14-13-16-7-2-1-3-8-16/h1-15H,(H,26,29)(H,27,28)/b14-13+. The van der Waals surface area contributed by atoms with Crippen LogP contribution in [-0.2, 0) is 4.79 Å². The highest BCUT2D eigenvalue weighted by Gasteiger charge is 2.22. The molecular weight excluding hydrogens is 400 g/mol. The third kappa shape index (κ3) is 4.42. The summed E-state index contributed by atoms with van der Waals surface area (Å²) in [5.41, 5.74) is 2.22. The Kier molecular flexibility index (Phi) is 5.63. The first-order valence-corrected chi connectivity index (χ1v) is 9.60. The molecule has 0 saturated carbocycles. The normalized spacial score (nSPS) is 11.0. The van der Waals surface area contributed by atoms with E-state index in [9.17, 15) is 9.59 Å². The molecule has 0 atom stereocenters. The molecule has 6 heteroatoms. The molecule has 1 aromatic heterocycles. The van der Waals surface area contributed by atoms with Gasteiger partial charge in [-0.3, -0.25) is 9.59 Å². The number of rotatable bonds is 5. The van der Waals surface area contributed by atoms with Gasteiger partial charge in [-0.05, 0) is 42.0 Å². The second-order valence-corrected chi connectivity index (χ2v) is 6.94. The van der Waals surface area contributed by atoms with E-state index in [-0.39, 0.29) is 11.7 Å². The van der Waals surface area contributed by atoms with E-state index in [4.69, 9.17) is 16.0 Å². The Morgan fingerprint density at radius 1 is 0.867 bits per heavy atom. The quantitative estimate of drug-likeness (QED) is 0.392. The summed E-state index contributed by atoms with van der Waals surface area (Å²) in [4.78, 5) is 25.4. The Hall–Kier alpha value is -3.83. The first-order valence-electron chi connectivity index (χ1n) is 9.23. The third-order valence-electron chi connectivity index (χ3n) is 4.36. The predicted octanol–water partition coefficient (Wildman–Crippen LogP) is 5.99. The van der Waals surface area contributed by atoms with E-state index in [0.717, 1.165) is 5.56 Å². The Labute approximate surface area is 178 Å². The summed E-state index contributed by atoms with van der Waals surface area (Å²) in [7, 11) is 0. The lowest BCUT2D eigenvalue weighted by molar-refractivity contribution is -0.111. The van der Waals surface area contributed by atoms with Crippen molar-refractivity contribution in [3.63, 3.8) is 0 Å². The zero-order valence-corrected chi connectivity index (χ0v) is 16.5. The van der Waals surface area contributed by atoms with Gasteiger partial charge in [-0.1, -0.05) is 60.1 Å². The number of hydrogen-bond donors (Lipinski definition) is 2. The van der Waals surface area contributed by atoms with Gasteiger partial charge in [0.2, 0.25) is 11.7 Å². The van der Waals surface area contributed by atoms with Crippen LogP contribution in [0.2, 0.25) is 5.02 Å². The number of amides is 2. The van der Waals surface area contributed by atoms with Crippen molar-refractivity contribution in [3.8, 4) is 0 Å². The molecule has 0 fully saturated rings. The summed E-state index contributed by atoms with van der Waals surface area (Å²) in [6.07, 6.45) is 3.11. The van der Waals surface area contributed by atoms with Crippen LogP contribution in [0.25, 0.3) is 17.0 Å². The van der Waals surface area contributed by atoms with Gasteiger partial charge in [-0.15, -0.1) is 0 Å². The maximum atomic E-state index is 12.9. The largest absolute Gasteiger partial charge is 0.449 e. The number of benzene rings is 3. The molecule has 5 nitrogen and oxygen atoms in total. The Balaban J connectivity index is 1.62. The number of anilines is 2. The van der Waals surface area contributed by atoms with E-state index in [2.05, 4.69) is 10.6 Å². The highest BCUT2D eigenvalue weighted by atomic mass is 35.5. The van der Waals surface area contributed by atoms with Gasteiger partial charge >= 0.3 is 0 Å². The first kappa shape index (κ1) is 19.5. The lowest BCUT2D eigenvalue weighted by Gasteiger charge is -2.06. The minimum Gasteiger partial charge on any atom is -0.449 e. The SMILES string of the molecule is O=C(/C=C/c1ccccc1)Nc1c(C(=O)Nc2cccc(Cl)c2)oc2ccccc12. The van der Waals surface area contributed by atoms with Gasteiger partial charge < -0.3 is 15.1 Å². The monoisotopic (exact) mass is 416 g/mol. The molecule has 3 aromatic carbocycles. The third-order valence-corrected chi connectivity index (χ3v) is 4.59. The van der Waals surface area contributed by atoms with Crippen LogP contribution in [0.15, 0.2) is 89.4 Å². The number of carbonyl (C=O) groups is 2. The number of nitrogens with one attached hydrogen (secondary N) is 2. The molecule has 0 radical (unpaired) electrons. The van der Waals surface area contributed by atoms with Crippen LogP contribution in [0.3, 0.4) is 0 Å². The number of furan rings is 1. The van der Waals surface area contributed by atoms with E-state index in [1.807, 2.05) is 36.4 Å². The molecule has 4 aromatic rings. The van der Waals surface area contributed by atoms with Crippen molar-refractivity contribution in [1.29, 1.82) is 0 Å². The smallest absolute Gasteiger partial charge is 0.293 e. The van der Waals surface area contributed by atoms with Crippen molar-refractivity contribution in [2.45, 2.75) is 0 Å². The molecule has 2 N–H and O–H groups in total. The fourth-order valence-electron chi connectivity index (χ4n) is 2.98. The maximum Gasteiger partial charge on any atom is 0.293 e. The van der Waals surface area contributed by atoms with Crippen molar-refractivity contribution in [2.24, 2.45) is 0 Å². The minimum atomic E-state index is -0.490. The second kappa shape index (κ2) is 8.68. The van der Waals surface area contributed by atoms with Crippen LogP contribution >= 0.6 is 11.6 Å². The summed E-state index contributed by atoms with van der Waals surface area (Å²) in [6.45, 7) is 0. The lowest BCUT2D eigenvalue weighted by Crippen LogP contribution is -2.15. The van der Waals surface area contributed by atoms with Crippen LogP contribution in [-0.4, -0.2) is 11.8 Å². The molecule has 0 saturated heterocycles. The van der Waals surface area contributed by atoms with Gasteiger partial charge in [0.25, 0.3) is 5.91 Å². The van der Waals surface area contributed by atoms with Gasteiger partial charge in [0, 0.05) is 22.2 Å². The summed E-state index contributed by atoms with van der Waals surface area (Å²) in [6, 6.07) is 23.4. The summed E-state index contributed by atoms with van der Waals surface area (Å²) < 4.78 is 5.74. The summed E-state index contributed by atoms with van der Waals surface area (Å²) in [5, 5.41) is 6.65. The number of hydrogen-bond acceptors (Lipinski definition) is 3. The van der Waals surface area contributed by atoms with Crippen LogP contribution in [0, 0.1) is 0 Å². The van der Waals surface area contributed by atoms with Crippen LogP contribution in [0.1, 0.15) is 16.1 Å². The Bertz CT molecular complexity index is 1250. The van der Waals surface area contributed by atoms with Crippen molar-refractivity contribution in [2.75, 3.05) is 10.6 Å². The fourth-order valence-corrected chi connectivity index (χ4v) is 3.17. The zero-order valence-electron chi connectivity index (χ0n) is 15.8.